The van der Waals surface area contributed by atoms with Crippen LogP contribution in [0, 0.1) is 0 Å². The second-order valence-corrected chi connectivity index (χ2v) is 8.17. The van der Waals surface area contributed by atoms with E-state index in [2.05, 4.69) is 24.1 Å². The summed E-state index contributed by atoms with van der Waals surface area (Å²) in [6, 6.07) is 8.23. The van der Waals surface area contributed by atoms with E-state index in [1.54, 1.807) is 13.0 Å². The van der Waals surface area contributed by atoms with Gasteiger partial charge in [0.05, 0.1) is 16.3 Å². The molecule has 1 N–H and O–H groups in total. The first-order valence-electron chi connectivity index (χ1n) is 7.77. The Bertz CT molecular complexity index is 569. The van der Waals surface area contributed by atoms with Crippen LogP contribution in [-0.2, 0) is 9.84 Å². The van der Waals surface area contributed by atoms with Gasteiger partial charge in [0.1, 0.15) is 0 Å². The molecular formula is C16H26N2O2S. The van der Waals surface area contributed by atoms with Crippen LogP contribution in [0.5, 0.6) is 0 Å². The number of hydrogen-bond acceptors (Lipinski definition) is 4. The number of anilines is 1. The van der Waals surface area contributed by atoms with Crippen molar-refractivity contribution in [2.24, 2.45) is 0 Å². The van der Waals surface area contributed by atoms with Gasteiger partial charge in [-0.3, -0.25) is 0 Å². The molecule has 1 aliphatic rings. The number of sulfone groups is 1. The number of nitrogens with zero attached hydrogens (tertiary/aromatic N) is 1. The predicted octanol–water partition coefficient (Wildman–Crippen LogP) is 2.45. The van der Waals surface area contributed by atoms with E-state index in [0.717, 1.165) is 31.6 Å². The molecular weight excluding hydrogens is 284 g/mol. The van der Waals surface area contributed by atoms with Crippen LogP contribution in [0.15, 0.2) is 29.2 Å². The van der Waals surface area contributed by atoms with Gasteiger partial charge in [0.25, 0.3) is 0 Å². The molecule has 0 aliphatic carbocycles. The third-order valence-corrected chi connectivity index (χ3v) is 5.80. The fourth-order valence-electron chi connectivity index (χ4n) is 2.85. The highest BCUT2D eigenvalue weighted by atomic mass is 32.2. The molecule has 0 amide bonds. The quantitative estimate of drug-likeness (QED) is 0.877. The summed E-state index contributed by atoms with van der Waals surface area (Å²) in [7, 11) is -3.18. The third kappa shape index (κ3) is 3.77. The molecule has 1 unspecified atom stereocenters. The van der Waals surface area contributed by atoms with Gasteiger partial charge in [-0.1, -0.05) is 32.9 Å². The van der Waals surface area contributed by atoms with Crippen LogP contribution < -0.4 is 10.2 Å². The fraction of sp³-hybridized carbons (Fsp3) is 0.625. The molecule has 1 fully saturated rings. The van der Waals surface area contributed by atoms with Crippen molar-refractivity contribution in [3.63, 3.8) is 0 Å². The largest absolute Gasteiger partial charge is 0.366 e. The molecule has 1 aromatic rings. The van der Waals surface area contributed by atoms with E-state index in [9.17, 15) is 8.42 Å². The van der Waals surface area contributed by atoms with E-state index in [1.165, 1.54) is 0 Å². The van der Waals surface area contributed by atoms with Gasteiger partial charge in [0.2, 0.25) is 0 Å². The third-order valence-electron chi connectivity index (χ3n) is 4.03. The van der Waals surface area contributed by atoms with E-state index in [0.29, 0.717) is 17.0 Å². The molecule has 0 bridgehead atoms. The Kier molecular flexibility index (Phi) is 5.27. The van der Waals surface area contributed by atoms with Crippen LogP contribution >= 0.6 is 0 Å². The van der Waals surface area contributed by atoms with Gasteiger partial charge >= 0.3 is 0 Å². The molecule has 1 atom stereocenters. The Labute approximate surface area is 128 Å². The molecule has 118 valence electrons. The van der Waals surface area contributed by atoms with Gasteiger partial charge < -0.3 is 10.2 Å². The SMILES string of the molecule is CCS(=O)(=O)c1ccccc1N1CCCC1CNC(C)C. The summed E-state index contributed by atoms with van der Waals surface area (Å²) in [6.45, 7) is 7.80. The van der Waals surface area contributed by atoms with E-state index in [4.69, 9.17) is 0 Å². The summed E-state index contributed by atoms with van der Waals surface area (Å²) in [5.74, 6) is 0.146. The average Bonchev–Trinajstić information content (AvgIpc) is 2.93. The minimum atomic E-state index is -3.18. The number of hydrogen-bond donors (Lipinski definition) is 1. The van der Waals surface area contributed by atoms with E-state index in [-0.39, 0.29) is 5.75 Å². The van der Waals surface area contributed by atoms with Crippen molar-refractivity contribution >= 4 is 15.5 Å². The molecule has 2 rings (SSSR count). The summed E-state index contributed by atoms with van der Waals surface area (Å²) < 4.78 is 24.6. The summed E-state index contributed by atoms with van der Waals surface area (Å²) in [5, 5.41) is 3.47. The molecule has 0 aromatic heterocycles. The highest BCUT2D eigenvalue weighted by Crippen LogP contribution is 2.31. The molecule has 0 saturated carbocycles. The maximum absolute atomic E-state index is 12.3. The number of rotatable bonds is 6. The van der Waals surface area contributed by atoms with Gasteiger partial charge in [-0.15, -0.1) is 0 Å². The first kappa shape index (κ1) is 16.3. The molecule has 1 aliphatic heterocycles. The van der Waals surface area contributed by atoms with Crippen LogP contribution in [0.25, 0.3) is 0 Å². The lowest BCUT2D eigenvalue weighted by Crippen LogP contribution is -2.40. The first-order valence-corrected chi connectivity index (χ1v) is 9.42. The van der Waals surface area contributed by atoms with Crippen molar-refractivity contribution < 1.29 is 8.42 Å². The van der Waals surface area contributed by atoms with Crippen LogP contribution in [0.3, 0.4) is 0 Å². The normalized spacial score (nSPS) is 19.4. The predicted molar refractivity (Wildman–Crippen MR) is 87.7 cm³/mol. The maximum atomic E-state index is 12.3. The van der Waals surface area contributed by atoms with Gasteiger partial charge in [-0.05, 0) is 25.0 Å². The van der Waals surface area contributed by atoms with E-state index < -0.39 is 9.84 Å². The van der Waals surface area contributed by atoms with Crippen LogP contribution in [0.1, 0.15) is 33.6 Å². The highest BCUT2D eigenvalue weighted by molar-refractivity contribution is 7.91. The molecule has 0 radical (unpaired) electrons. The highest BCUT2D eigenvalue weighted by Gasteiger charge is 2.28. The molecule has 1 aromatic carbocycles. The van der Waals surface area contributed by atoms with Crippen LogP contribution in [0.4, 0.5) is 5.69 Å². The lowest BCUT2D eigenvalue weighted by atomic mass is 10.2. The Morgan fingerprint density at radius 1 is 1.33 bits per heavy atom. The Morgan fingerprint density at radius 2 is 2.05 bits per heavy atom. The summed E-state index contributed by atoms with van der Waals surface area (Å²) >= 11 is 0. The van der Waals surface area contributed by atoms with Crippen molar-refractivity contribution in [1.82, 2.24) is 5.32 Å². The smallest absolute Gasteiger partial charge is 0.180 e. The molecule has 1 saturated heterocycles. The summed E-state index contributed by atoms with van der Waals surface area (Å²) in [5.41, 5.74) is 0.868. The van der Waals surface area contributed by atoms with Crippen molar-refractivity contribution in [2.45, 2.75) is 50.6 Å². The maximum Gasteiger partial charge on any atom is 0.180 e. The monoisotopic (exact) mass is 310 g/mol. The average molecular weight is 310 g/mol. The second-order valence-electron chi connectivity index (χ2n) is 5.92. The Balaban J connectivity index is 2.29. The molecule has 0 spiro atoms. The van der Waals surface area contributed by atoms with Crippen molar-refractivity contribution in [3.8, 4) is 0 Å². The topological polar surface area (TPSA) is 49.4 Å². The van der Waals surface area contributed by atoms with Crippen molar-refractivity contribution in [1.29, 1.82) is 0 Å². The molecule has 1 heterocycles. The summed E-state index contributed by atoms with van der Waals surface area (Å²) in [4.78, 5) is 2.74. The summed E-state index contributed by atoms with van der Waals surface area (Å²) in [6.07, 6.45) is 2.23. The Hall–Kier alpha value is -1.07. The number of nitrogens with one attached hydrogen (secondary N) is 1. The lowest BCUT2D eigenvalue weighted by molar-refractivity contribution is 0.522. The van der Waals surface area contributed by atoms with Crippen molar-refractivity contribution in [3.05, 3.63) is 24.3 Å². The van der Waals surface area contributed by atoms with Crippen LogP contribution in [-0.4, -0.2) is 39.3 Å². The van der Waals surface area contributed by atoms with E-state index in [1.807, 2.05) is 18.2 Å². The van der Waals surface area contributed by atoms with Gasteiger partial charge in [-0.25, -0.2) is 8.42 Å². The number of para-hydroxylation sites is 1. The zero-order valence-electron chi connectivity index (χ0n) is 13.2. The van der Waals surface area contributed by atoms with Gasteiger partial charge in [0.15, 0.2) is 9.84 Å². The minimum absolute atomic E-state index is 0.146. The second kappa shape index (κ2) is 6.79. The standard InChI is InChI=1S/C16H26N2O2S/c1-4-21(19,20)16-10-6-5-9-15(16)18-11-7-8-14(18)12-17-13(2)3/h5-6,9-10,13-14,17H,4,7-8,11-12H2,1-3H3. The van der Waals surface area contributed by atoms with E-state index >= 15 is 0 Å². The molecule has 4 nitrogen and oxygen atoms in total. The van der Waals surface area contributed by atoms with Gasteiger partial charge in [0, 0.05) is 25.2 Å². The molecule has 5 heteroatoms. The zero-order chi connectivity index (χ0) is 15.5. The first-order chi connectivity index (χ1) is 9.95. The Morgan fingerprint density at radius 3 is 2.71 bits per heavy atom. The lowest BCUT2D eigenvalue weighted by Gasteiger charge is -2.29. The van der Waals surface area contributed by atoms with Gasteiger partial charge in [-0.2, -0.15) is 0 Å². The molecule has 21 heavy (non-hydrogen) atoms. The minimum Gasteiger partial charge on any atom is -0.366 e. The zero-order valence-corrected chi connectivity index (χ0v) is 14.0. The van der Waals surface area contributed by atoms with Crippen LogP contribution in [0.2, 0.25) is 0 Å². The number of benzene rings is 1. The van der Waals surface area contributed by atoms with Crippen molar-refractivity contribution in [2.75, 3.05) is 23.7 Å². The fourth-order valence-corrected chi connectivity index (χ4v) is 3.95.